The molecular weight excluding hydrogens is 1000 g/mol. The first-order valence-corrected chi connectivity index (χ1v) is 28.0. The number of ether oxygens (including phenoxy) is 4. The molecule has 20 nitrogen and oxygen atoms in total. The number of amides is 1. The number of aliphatic hydroxyl groups is 1. The van der Waals surface area contributed by atoms with Crippen LogP contribution in [0.4, 0.5) is 5.69 Å². The molecule has 1 saturated heterocycles. The van der Waals surface area contributed by atoms with Crippen molar-refractivity contribution >= 4 is 54.0 Å². The lowest BCUT2D eigenvalue weighted by Gasteiger charge is -2.38. The number of phenols is 2. The molecule has 0 aromatic heterocycles. The maximum Gasteiger partial charge on any atom is 0.335 e. The molecule has 1 fully saturated rings. The number of carbonyl (C=O) groups excluding carboxylic acids is 5. The van der Waals surface area contributed by atoms with Crippen LogP contribution < -0.4 is 20.8 Å². The van der Waals surface area contributed by atoms with Gasteiger partial charge in [0, 0.05) is 80.7 Å². The molecule has 0 saturated carbocycles. The highest BCUT2D eigenvalue weighted by atomic mass is 31.2. The number of likely N-dealkylation sites (tertiary alicyclic amines) is 1. The summed E-state index contributed by atoms with van der Waals surface area (Å²) in [7, 11) is -3.10. The van der Waals surface area contributed by atoms with Crippen molar-refractivity contribution in [2.75, 3.05) is 51.7 Å². The highest BCUT2D eigenvalue weighted by Gasteiger charge is 2.50. The predicted octanol–water partition coefficient (Wildman–Crippen LogP) is 5.63. The fourth-order valence-corrected chi connectivity index (χ4v) is 11.2. The van der Waals surface area contributed by atoms with Gasteiger partial charge in [0.1, 0.15) is 47.2 Å². The second kappa shape index (κ2) is 24.0. The number of likely N-dealkylation sites (N-methyl/N-ethyl adjacent to an activating group) is 1. The molecule has 0 radical (unpaired) electrons. The molecule has 2 aromatic carbocycles. The van der Waals surface area contributed by atoms with E-state index in [0.717, 1.165) is 6.54 Å². The van der Waals surface area contributed by atoms with Crippen LogP contribution in [0.5, 0.6) is 17.2 Å². The second-order valence-corrected chi connectivity index (χ2v) is 24.0. The van der Waals surface area contributed by atoms with Crippen LogP contribution in [0.1, 0.15) is 111 Å². The van der Waals surface area contributed by atoms with E-state index in [2.05, 4.69) is 24.1 Å². The number of aliphatic hydroxyl groups excluding tert-OH is 1. The Kier molecular flexibility index (Phi) is 18.9. The number of hydrogen-bond acceptors (Lipinski definition) is 17. The van der Waals surface area contributed by atoms with Crippen LogP contribution in [-0.2, 0) is 38.0 Å². The number of anilines is 1. The van der Waals surface area contributed by atoms with E-state index >= 15 is 0 Å². The van der Waals surface area contributed by atoms with E-state index in [1.54, 1.807) is 50.9 Å². The monoisotopic (exact) mass is 1080 g/mol. The second-order valence-electron chi connectivity index (χ2n) is 22.2. The molecule has 2 aromatic rings. The average molecular weight is 1080 g/mol. The lowest BCUT2D eigenvalue weighted by Crippen LogP contribution is -2.44. The average Bonchev–Trinajstić information content (AvgIpc) is 3.86. The molecule has 5 aliphatic rings. The third kappa shape index (κ3) is 12.9. The standard InChI is InChI=1S/C55H78N5O15P/c1-29(2)26-60-21-19-55(20-22-60)57-44-41-42-48(65)37(10)51-43(41)52(67)54(11,75-51)73-24-18-30(3)33(6)34(7)35(8)47(64)36(9)50(31(4)14-13-15-32(5)53(68)56-46(49(42)66)45(44)58-55)74-40(63)27-59(12)23-25-72-39(62)17-16-38(28-61)76(69,70)71/h13-15,18,24,28-31,33-36,38,47,50,64-66H,16-17,19-23,25-27H2,1-12H3,(H,56,68)(H2,69,70,71)/b14-13+,24-18+,32-15-/t30-,31-,33+,34+,35-,36-,38?,47-,50-,54-/m0/s1. The van der Waals surface area contributed by atoms with Gasteiger partial charge in [-0.3, -0.25) is 38.6 Å². The van der Waals surface area contributed by atoms with Crippen molar-refractivity contribution in [3.8, 4) is 17.2 Å². The van der Waals surface area contributed by atoms with Crippen LogP contribution in [0.3, 0.4) is 0 Å². The summed E-state index contributed by atoms with van der Waals surface area (Å²) in [6, 6.07) is 0. The molecule has 1 amide bonds. The summed E-state index contributed by atoms with van der Waals surface area (Å²) in [5.74, 6) is -6.61. The smallest absolute Gasteiger partial charge is 0.335 e. The Hall–Kier alpha value is -5.50. The molecule has 7 rings (SSSR count). The quantitative estimate of drug-likeness (QED) is 0.0614. The van der Waals surface area contributed by atoms with Gasteiger partial charge < -0.3 is 59.1 Å². The number of ketones is 1. The lowest BCUT2D eigenvalue weighted by atomic mass is 9.72. The van der Waals surface area contributed by atoms with Crippen LogP contribution >= 0.6 is 7.60 Å². The fourth-order valence-electron chi connectivity index (χ4n) is 10.6. The normalized spacial score (nSPS) is 29.1. The van der Waals surface area contributed by atoms with Gasteiger partial charge in [-0.15, -0.1) is 0 Å². The summed E-state index contributed by atoms with van der Waals surface area (Å²) in [5.41, 5.74) is -2.24. The Morgan fingerprint density at radius 1 is 0.947 bits per heavy atom. The summed E-state index contributed by atoms with van der Waals surface area (Å²) < 4.78 is 35.3. The van der Waals surface area contributed by atoms with Crippen molar-refractivity contribution in [1.82, 2.24) is 9.80 Å². The Balaban J connectivity index is 1.34. The van der Waals surface area contributed by atoms with Gasteiger partial charge in [-0.2, -0.15) is 0 Å². The van der Waals surface area contributed by atoms with Crippen molar-refractivity contribution in [2.45, 2.75) is 131 Å². The zero-order valence-corrected chi connectivity index (χ0v) is 46.8. The highest BCUT2D eigenvalue weighted by Crippen LogP contribution is 2.50. The van der Waals surface area contributed by atoms with Crippen LogP contribution in [0.15, 0.2) is 46.1 Å². The zero-order chi connectivity index (χ0) is 56.4. The Morgan fingerprint density at radius 2 is 1.61 bits per heavy atom. The summed E-state index contributed by atoms with van der Waals surface area (Å²) >= 11 is 0. The highest BCUT2D eigenvalue weighted by molar-refractivity contribution is 7.53. The minimum absolute atomic E-state index is 0.0527. The number of carbonyl (C=O) groups is 5. The first kappa shape index (κ1) is 59.7. The largest absolute Gasteiger partial charge is 0.507 e. The van der Waals surface area contributed by atoms with E-state index in [1.165, 1.54) is 13.2 Å². The molecule has 10 atom stereocenters. The van der Waals surface area contributed by atoms with Crippen molar-refractivity contribution in [1.29, 1.82) is 0 Å². The van der Waals surface area contributed by atoms with Crippen LogP contribution in [0.2, 0.25) is 0 Å². The molecule has 1 unspecified atom stereocenters. The van der Waals surface area contributed by atoms with E-state index in [4.69, 9.17) is 28.9 Å². The van der Waals surface area contributed by atoms with E-state index in [0.29, 0.717) is 31.8 Å². The van der Waals surface area contributed by atoms with Gasteiger partial charge in [0.05, 0.1) is 35.2 Å². The number of Topliss-reactive ketones (excluding diaryl/α,β-unsaturated/α-hetero) is 1. The van der Waals surface area contributed by atoms with Gasteiger partial charge in [-0.1, -0.05) is 73.6 Å². The van der Waals surface area contributed by atoms with Crippen molar-refractivity contribution in [3.63, 3.8) is 0 Å². The number of rotatable bonds is 13. The first-order chi connectivity index (χ1) is 35.5. The molecular formula is C55H78N5O15P. The minimum Gasteiger partial charge on any atom is -0.507 e. The summed E-state index contributed by atoms with van der Waals surface area (Å²) in [5, 5.41) is 39.6. The van der Waals surface area contributed by atoms with Gasteiger partial charge >= 0.3 is 25.3 Å². The van der Waals surface area contributed by atoms with E-state index < -0.39 is 84.5 Å². The molecule has 76 heavy (non-hydrogen) atoms. The molecule has 5 heterocycles. The number of aromatic hydroxyl groups is 2. The number of hydrogen-bond donors (Lipinski definition) is 6. The number of benzene rings is 2. The summed E-state index contributed by atoms with van der Waals surface area (Å²) in [6.07, 6.45) is 6.73. The lowest BCUT2D eigenvalue weighted by molar-refractivity contribution is -0.159. The topological polar surface area (TPSA) is 284 Å². The van der Waals surface area contributed by atoms with Crippen molar-refractivity contribution in [2.24, 2.45) is 51.4 Å². The zero-order valence-electron chi connectivity index (χ0n) is 45.9. The number of esters is 2. The Morgan fingerprint density at radius 3 is 2.24 bits per heavy atom. The van der Waals surface area contributed by atoms with Crippen molar-refractivity contribution in [3.05, 3.63) is 58.0 Å². The summed E-state index contributed by atoms with van der Waals surface area (Å²) in [4.78, 5) is 98.9. The SMILES string of the molecule is C/C1=C/C=C/[C@H](C)[C@H](OC(=O)CN(C)CCOC(=O)CCC(C=O)P(=O)(O)O)[C@@H](C)[C@@H](O)[C@@H](C)[C@H](C)[C@H](C)[C@@H](C)/C=C/O[C@@]2(C)Oc3c(C)c(O)c4c(O)c(c5c(c4c3C2=O)=NC2(CCN(CC(C)C)CC2)N=5)NC1=O. The van der Waals surface area contributed by atoms with Crippen LogP contribution in [0.25, 0.3) is 10.8 Å². The number of phenolic OH excluding ortho intramolecular Hbond substituents is 2. The molecule has 418 valence electrons. The van der Waals surface area contributed by atoms with E-state index in [-0.39, 0.29) is 111 Å². The molecule has 6 N–H and O–H groups in total. The maximum atomic E-state index is 14.8. The van der Waals surface area contributed by atoms with Gasteiger partial charge in [0.15, 0.2) is 11.4 Å². The van der Waals surface area contributed by atoms with Gasteiger partial charge in [0.2, 0.25) is 0 Å². The van der Waals surface area contributed by atoms with Crippen LogP contribution in [-0.4, -0.2) is 141 Å². The number of allylic oxidation sites excluding steroid dienone is 3. The number of nitrogens with zero attached hydrogens (tertiary/aromatic N) is 4. The molecule has 21 heteroatoms. The number of fused-ring (bicyclic) bond motifs is 13. The Bertz CT molecular complexity index is 2840. The fraction of sp³-hybridized carbons (Fsp3) is 0.618. The van der Waals surface area contributed by atoms with Crippen molar-refractivity contribution < 1.29 is 72.6 Å². The van der Waals surface area contributed by atoms with Crippen LogP contribution in [0, 0.1) is 48.3 Å². The molecule has 0 aliphatic carbocycles. The Labute approximate surface area is 444 Å². The van der Waals surface area contributed by atoms with E-state index in [1.807, 2.05) is 40.7 Å². The van der Waals surface area contributed by atoms with Gasteiger partial charge in [0.25, 0.3) is 11.7 Å². The molecule has 5 aliphatic heterocycles. The summed E-state index contributed by atoms with van der Waals surface area (Å²) in [6.45, 7) is 22.5. The molecule has 5 bridgehead atoms. The third-order valence-corrected chi connectivity index (χ3v) is 17.2. The third-order valence-electron chi connectivity index (χ3n) is 16.0. The van der Waals surface area contributed by atoms with Gasteiger partial charge in [-0.05, 0) is 63.0 Å². The number of piperidine rings is 1. The minimum atomic E-state index is -4.71. The first-order valence-electron chi connectivity index (χ1n) is 26.3. The number of nitrogens with one attached hydrogen (secondary N) is 1. The van der Waals surface area contributed by atoms with E-state index in [9.17, 15) is 53.6 Å². The van der Waals surface area contributed by atoms with Gasteiger partial charge in [-0.25, -0.2) is 0 Å². The molecule has 1 spiro atoms. The number of aldehydes is 1. The predicted molar refractivity (Wildman–Crippen MR) is 283 cm³/mol. The maximum absolute atomic E-state index is 14.8.